The zero-order valence-electron chi connectivity index (χ0n) is 15.4. The zero-order valence-corrected chi connectivity index (χ0v) is 15.4. The van der Waals surface area contributed by atoms with Crippen molar-refractivity contribution in [3.63, 3.8) is 0 Å². The first-order valence-corrected chi connectivity index (χ1v) is 9.21. The summed E-state index contributed by atoms with van der Waals surface area (Å²) in [5, 5.41) is 6.54. The molecule has 3 aromatic rings. The molecule has 1 aromatic carbocycles. The Kier molecular flexibility index (Phi) is 5.10. The molecule has 0 atom stereocenters. The third kappa shape index (κ3) is 4.16. The molecule has 0 radical (unpaired) electrons. The number of alkyl halides is 3. The van der Waals surface area contributed by atoms with Crippen LogP contribution in [0.1, 0.15) is 12.0 Å². The molecule has 1 fully saturated rings. The van der Waals surface area contributed by atoms with Gasteiger partial charge >= 0.3 is 6.18 Å². The van der Waals surface area contributed by atoms with Crippen LogP contribution in [0.4, 0.5) is 30.6 Å². The van der Waals surface area contributed by atoms with Gasteiger partial charge in [-0.2, -0.15) is 18.2 Å². The van der Waals surface area contributed by atoms with E-state index in [1.807, 2.05) is 4.90 Å². The van der Waals surface area contributed by atoms with E-state index in [1.165, 1.54) is 18.3 Å². The van der Waals surface area contributed by atoms with E-state index in [-0.39, 0.29) is 16.8 Å². The second kappa shape index (κ2) is 7.70. The van der Waals surface area contributed by atoms with Crippen LogP contribution in [0.25, 0.3) is 10.9 Å². The Labute approximate surface area is 164 Å². The summed E-state index contributed by atoms with van der Waals surface area (Å²) in [5.74, 6) is 0.727. The molecule has 0 bridgehead atoms. The van der Waals surface area contributed by atoms with Gasteiger partial charge in [0.05, 0.1) is 11.1 Å². The monoisotopic (exact) mass is 404 g/mol. The van der Waals surface area contributed by atoms with Crippen molar-refractivity contribution in [1.29, 1.82) is 0 Å². The highest BCUT2D eigenvalue weighted by atomic mass is 19.4. The molecule has 1 aliphatic rings. The lowest BCUT2D eigenvalue weighted by molar-refractivity contribution is -0.137. The van der Waals surface area contributed by atoms with Crippen LogP contribution in [0, 0.1) is 0 Å². The summed E-state index contributed by atoms with van der Waals surface area (Å²) in [7, 11) is 0. The van der Waals surface area contributed by atoms with Gasteiger partial charge in [0, 0.05) is 31.5 Å². The summed E-state index contributed by atoms with van der Waals surface area (Å²) in [6.07, 6.45) is -1.98. The summed E-state index contributed by atoms with van der Waals surface area (Å²) in [6.45, 7) is 3.18. The number of rotatable bonds is 3. The van der Waals surface area contributed by atoms with Gasteiger partial charge in [-0.25, -0.2) is 4.98 Å². The van der Waals surface area contributed by atoms with E-state index in [0.29, 0.717) is 23.7 Å². The first kappa shape index (κ1) is 19.2. The molecule has 152 valence electrons. The number of hydrogen-bond donors (Lipinski definition) is 3. The molecule has 0 spiro atoms. The van der Waals surface area contributed by atoms with Crippen molar-refractivity contribution >= 4 is 28.4 Å². The minimum absolute atomic E-state index is 0.254. The molecule has 29 heavy (non-hydrogen) atoms. The molecule has 3 N–H and O–H groups in total. The number of anilines is 3. The molecule has 3 heterocycles. The molecule has 2 aromatic heterocycles. The predicted molar refractivity (Wildman–Crippen MR) is 105 cm³/mol. The number of fused-ring (bicyclic) bond motifs is 1. The topological polar surface area (TPSA) is 85.9 Å². The minimum atomic E-state index is -4.41. The van der Waals surface area contributed by atoms with Gasteiger partial charge in [0.2, 0.25) is 5.95 Å². The summed E-state index contributed by atoms with van der Waals surface area (Å²) in [4.78, 5) is 26.0. The zero-order chi connectivity index (χ0) is 20.4. The molecule has 0 unspecified atom stereocenters. The number of pyridine rings is 1. The maximum atomic E-state index is 12.8. The Morgan fingerprint density at radius 2 is 1.83 bits per heavy atom. The fourth-order valence-electron chi connectivity index (χ4n) is 3.24. The van der Waals surface area contributed by atoms with Crippen LogP contribution in [0.15, 0.2) is 41.3 Å². The summed E-state index contributed by atoms with van der Waals surface area (Å²) in [6, 6.07) is 6.26. The molecule has 1 saturated heterocycles. The largest absolute Gasteiger partial charge is 0.416 e. The first-order valence-electron chi connectivity index (χ1n) is 9.21. The van der Waals surface area contributed by atoms with Gasteiger partial charge in [-0.3, -0.25) is 4.79 Å². The van der Waals surface area contributed by atoms with Gasteiger partial charge in [0.15, 0.2) is 0 Å². The van der Waals surface area contributed by atoms with Crippen molar-refractivity contribution in [2.75, 3.05) is 36.4 Å². The van der Waals surface area contributed by atoms with Crippen LogP contribution in [-0.4, -0.2) is 41.1 Å². The SMILES string of the molecule is O=c1[nH]ccc2nc(N3CCCNCC3)nc(Nc3ccc(C(F)(F)F)cc3)c12. The van der Waals surface area contributed by atoms with Gasteiger partial charge in [-0.15, -0.1) is 0 Å². The number of H-pyrrole nitrogens is 1. The highest BCUT2D eigenvalue weighted by molar-refractivity contribution is 5.90. The number of benzene rings is 1. The van der Waals surface area contributed by atoms with Crippen LogP contribution in [0.3, 0.4) is 0 Å². The van der Waals surface area contributed by atoms with E-state index in [2.05, 4.69) is 25.6 Å². The van der Waals surface area contributed by atoms with Gasteiger partial charge < -0.3 is 20.5 Å². The fraction of sp³-hybridized carbons (Fsp3) is 0.316. The van der Waals surface area contributed by atoms with E-state index >= 15 is 0 Å². The Hall–Kier alpha value is -3.14. The lowest BCUT2D eigenvalue weighted by Gasteiger charge is -2.21. The van der Waals surface area contributed by atoms with Crippen LogP contribution in [0.5, 0.6) is 0 Å². The van der Waals surface area contributed by atoms with Crippen LogP contribution >= 0.6 is 0 Å². The molecular formula is C19H19F3N6O. The van der Waals surface area contributed by atoms with Gasteiger partial charge in [-0.05, 0) is 43.3 Å². The number of nitrogens with zero attached hydrogens (tertiary/aromatic N) is 3. The Morgan fingerprint density at radius 1 is 1.03 bits per heavy atom. The van der Waals surface area contributed by atoms with Crippen molar-refractivity contribution < 1.29 is 13.2 Å². The lowest BCUT2D eigenvalue weighted by Crippen LogP contribution is -2.29. The van der Waals surface area contributed by atoms with Gasteiger partial charge in [-0.1, -0.05) is 0 Å². The molecular weight excluding hydrogens is 385 g/mol. The molecule has 10 heteroatoms. The Bertz CT molecular complexity index is 1060. The van der Waals surface area contributed by atoms with Crippen molar-refractivity contribution in [3.8, 4) is 0 Å². The number of hydrogen-bond acceptors (Lipinski definition) is 6. The van der Waals surface area contributed by atoms with E-state index in [9.17, 15) is 18.0 Å². The van der Waals surface area contributed by atoms with E-state index in [0.717, 1.165) is 38.2 Å². The van der Waals surface area contributed by atoms with Gasteiger partial charge in [0.1, 0.15) is 11.2 Å². The molecule has 4 rings (SSSR count). The van der Waals surface area contributed by atoms with Crippen molar-refractivity contribution in [2.24, 2.45) is 0 Å². The number of nitrogens with one attached hydrogen (secondary N) is 3. The average Bonchev–Trinajstić information content (AvgIpc) is 2.97. The van der Waals surface area contributed by atoms with Crippen LogP contribution < -0.4 is 21.1 Å². The third-order valence-corrected chi connectivity index (χ3v) is 4.71. The average molecular weight is 404 g/mol. The smallest absolute Gasteiger partial charge is 0.339 e. The normalized spacial score (nSPS) is 15.3. The standard InChI is InChI=1S/C19H19F3N6O/c20-19(21,22)12-2-4-13(5-3-12)25-16-15-14(6-8-24-17(15)29)26-18(27-16)28-10-1-7-23-9-11-28/h2-6,8,23H,1,7,9-11H2,(H,24,29)(H,25,26,27). The summed E-state index contributed by atoms with van der Waals surface area (Å²) in [5.41, 5.74) is -0.262. The quantitative estimate of drug-likeness (QED) is 0.623. The molecule has 0 aliphatic carbocycles. The molecule has 0 amide bonds. The Morgan fingerprint density at radius 3 is 2.59 bits per heavy atom. The fourth-order valence-corrected chi connectivity index (χ4v) is 3.24. The number of aromatic nitrogens is 3. The van der Waals surface area contributed by atoms with Gasteiger partial charge in [0.25, 0.3) is 5.56 Å². The summed E-state index contributed by atoms with van der Waals surface area (Å²) >= 11 is 0. The minimum Gasteiger partial charge on any atom is -0.339 e. The highest BCUT2D eigenvalue weighted by Crippen LogP contribution is 2.31. The number of aromatic amines is 1. The molecule has 0 saturated carbocycles. The van der Waals surface area contributed by atoms with Crippen LogP contribution in [-0.2, 0) is 6.18 Å². The molecule has 1 aliphatic heterocycles. The highest BCUT2D eigenvalue weighted by Gasteiger charge is 2.30. The number of halogens is 3. The maximum Gasteiger partial charge on any atom is 0.416 e. The Balaban J connectivity index is 1.74. The van der Waals surface area contributed by atoms with Crippen LogP contribution in [0.2, 0.25) is 0 Å². The van der Waals surface area contributed by atoms with E-state index in [1.54, 1.807) is 6.07 Å². The second-order valence-electron chi connectivity index (χ2n) is 6.73. The van der Waals surface area contributed by atoms with Crippen molar-refractivity contribution in [2.45, 2.75) is 12.6 Å². The first-order chi connectivity index (χ1) is 13.9. The lowest BCUT2D eigenvalue weighted by atomic mass is 10.2. The third-order valence-electron chi connectivity index (χ3n) is 4.71. The maximum absolute atomic E-state index is 12.8. The summed E-state index contributed by atoms with van der Waals surface area (Å²) < 4.78 is 38.4. The van der Waals surface area contributed by atoms with Crippen molar-refractivity contribution in [1.82, 2.24) is 20.3 Å². The predicted octanol–water partition coefficient (Wildman–Crippen LogP) is 2.88. The van der Waals surface area contributed by atoms with E-state index in [4.69, 9.17) is 0 Å². The molecule has 7 nitrogen and oxygen atoms in total. The second-order valence-corrected chi connectivity index (χ2v) is 6.73. The van der Waals surface area contributed by atoms with Crippen molar-refractivity contribution in [3.05, 3.63) is 52.4 Å². The van der Waals surface area contributed by atoms with E-state index < -0.39 is 11.7 Å².